The number of amides is 1. The van der Waals surface area contributed by atoms with E-state index in [1.165, 1.54) is 5.56 Å². The molecule has 1 heterocycles. The number of likely N-dealkylation sites (tertiary alicyclic amines) is 1. The normalized spacial score (nSPS) is 18.5. The smallest absolute Gasteiger partial charge is 0.237 e. The molecule has 1 aromatic rings. The number of sulfonamides is 1. The Hall–Kier alpha value is -1.49. The van der Waals surface area contributed by atoms with Crippen molar-refractivity contribution in [3.05, 3.63) is 35.9 Å². The molecule has 0 radical (unpaired) electrons. The van der Waals surface area contributed by atoms with Gasteiger partial charge in [0.15, 0.2) is 14.9 Å². The molecule has 10 heteroatoms. The molecule has 1 saturated heterocycles. The molecule has 1 aliphatic heterocycles. The summed E-state index contributed by atoms with van der Waals surface area (Å²) in [5.74, 6) is 0.199. The first-order chi connectivity index (χ1) is 15.5. The van der Waals surface area contributed by atoms with Crippen LogP contribution in [0.5, 0.6) is 0 Å². The molecular weight excluding hydrogens is 462 g/mol. The molecule has 188 valence electrons. The Balaban J connectivity index is 1.86. The monoisotopic (exact) mass is 501 g/mol. The third-order valence-electron chi connectivity index (χ3n) is 5.63. The largest absolute Gasteiger partial charge is 0.355 e. The molecule has 0 aliphatic carbocycles. The van der Waals surface area contributed by atoms with E-state index in [9.17, 15) is 21.6 Å². The second-order valence-corrected chi connectivity index (χ2v) is 13.7. The summed E-state index contributed by atoms with van der Waals surface area (Å²) in [6, 6.07) is 9.53. The van der Waals surface area contributed by atoms with Crippen LogP contribution >= 0.6 is 0 Å². The third kappa shape index (κ3) is 11.0. The van der Waals surface area contributed by atoms with Crippen LogP contribution < -0.4 is 10.0 Å². The van der Waals surface area contributed by atoms with Crippen LogP contribution in [0.2, 0.25) is 0 Å². The van der Waals surface area contributed by atoms with Gasteiger partial charge in [-0.2, -0.15) is 0 Å². The van der Waals surface area contributed by atoms with Gasteiger partial charge in [-0.15, -0.1) is 0 Å². The summed E-state index contributed by atoms with van der Waals surface area (Å²) in [5, 5.41) is 2.11. The molecule has 1 aromatic carbocycles. The topological polar surface area (TPSA) is 113 Å². The number of nitrogens with one attached hydrogen (secondary N) is 2. The number of carbonyl (C=O) groups excluding carboxylic acids is 1. The Morgan fingerprint density at radius 2 is 1.82 bits per heavy atom. The van der Waals surface area contributed by atoms with Crippen LogP contribution in [0, 0.1) is 5.92 Å². The van der Waals surface area contributed by atoms with Crippen molar-refractivity contribution in [2.24, 2.45) is 5.92 Å². The fraction of sp³-hybridized carbons (Fsp3) is 0.696. The minimum atomic E-state index is -3.97. The van der Waals surface area contributed by atoms with E-state index >= 15 is 0 Å². The number of hydrogen-bond donors (Lipinski definition) is 2. The Morgan fingerprint density at radius 1 is 1.12 bits per heavy atom. The molecule has 2 rings (SSSR count). The van der Waals surface area contributed by atoms with E-state index in [-0.39, 0.29) is 17.9 Å². The molecule has 8 nitrogen and oxygen atoms in total. The van der Waals surface area contributed by atoms with Gasteiger partial charge in [0.2, 0.25) is 15.9 Å². The number of sulfone groups is 1. The summed E-state index contributed by atoms with van der Waals surface area (Å²) >= 11 is 0. The van der Waals surface area contributed by atoms with Crippen molar-refractivity contribution in [3.63, 3.8) is 0 Å². The Bertz CT molecular complexity index is 950. The van der Waals surface area contributed by atoms with Crippen LogP contribution in [-0.4, -0.2) is 70.7 Å². The molecule has 0 unspecified atom stereocenters. The Kier molecular flexibility index (Phi) is 10.8. The van der Waals surface area contributed by atoms with Crippen LogP contribution in [0.3, 0.4) is 0 Å². The number of unbranched alkanes of at least 4 members (excludes halogenated alkanes) is 1. The maximum Gasteiger partial charge on any atom is 0.237 e. The summed E-state index contributed by atoms with van der Waals surface area (Å²) in [5.41, 5.74) is 1.29. The number of nitrogens with zero attached hydrogens (tertiary/aromatic N) is 1. The zero-order chi connectivity index (χ0) is 24.5. The summed E-state index contributed by atoms with van der Waals surface area (Å²) in [7, 11) is -7.64. The number of rotatable bonds is 14. The van der Waals surface area contributed by atoms with E-state index in [4.69, 9.17) is 0 Å². The lowest BCUT2D eigenvalue weighted by atomic mass is 10.0. The van der Waals surface area contributed by atoms with Gasteiger partial charge in [-0.25, -0.2) is 21.6 Å². The average molecular weight is 502 g/mol. The van der Waals surface area contributed by atoms with Gasteiger partial charge in [-0.3, -0.25) is 9.69 Å². The zero-order valence-electron chi connectivity index (χ0n) is 20.0. The van der Waals surface area contributed by atoms with Crippen LogP contribution in [0.4, 0.5) is 0 Å². The lowest BCUT2D eigenvalue weighted by molar-refractivity contribution is -0.125. The quantitative estimate of drug-likeness (QED) is 0.377. The van der Waals surface area contributed by atoms with Crippen LogP contribution in [-0.2, 0) is 31.1 Å². The van der Waals surface area contributed by atoms with Gasteiger partial charge in [-0.05, 0) is 56.6 Å². The fourth-order valence-electron chi connectivity index (χ4n) is 4.35. The van der Waals surface area contributed by atoms with E-state index in [0.717, 1.165) is 38.4 Å². The first kappa shape index (κ1) is 27.8. The highest BCUT2D eigenvalue weighted by Crippen LogP contribution is 2.20. The summed E-state index contributed by atoms with van der Waals surface area (Å²) in [6.45, 7) is 5.69. The lowest BCUT2D eigenvalue weighted by Gasteiger charge is -2.29. The second-order valence-electron chi connectivity index (χ2n) is 9.49. The van der Waals surface area contributed by atoms with Crippen LogP contribution in [0.1, 0.15) is 51.5 Å². The van der Waals surface area contributed by atoms with Crippen molar-refractivity contribution in [2.75, 3.05) is 31.0 Å². The molecule has 1 amide bonds. The Labute approximate surface area is 199 Å². The minimum Gasteiger partial charge on any atom is -0.355 e. The molecule has 0 aromatic heterocycles. The predicted molar refractivity (Wildman–Crippen MR) is 132 cm³/mol. The standard InChI is InChI=1S/C23H39N3O5S2/c1-19(2)16-21(25-33(30,31)18-32(3,28)29)17-26-15-9-13-22(26)23(27)24-14-8-7-12-20-10-5-4-6-11-20/h4-6,10-11,19,21-22,25H,7-9,12-18H2,1-3H3,(H,24,27)/t21-,22-/m0/s1. The maximum atomic E-state index is 12.8. The van der Waals surface area contributed by atoms with E-state index in [0.29, 0.717) is 26.1 Å². The molecule has 2 N–H and O–H groups in total. The molecular formula is C23H39N3O5S2. The fourth-order valence-corrected chi connectivity index (χ4v) is 7.56. The number of benzene rings is 1. The van der Waals surface area contributed by atoms with Crippen molar-refractivity contribution >= 4 is 25.8 Å². The number of carbonyl (C=O) groups is 1. The lowest BCUT2D eigenvalue weighted by Crippen LogP contribution is -2.50. The molecule has 33 heavy (non-hydrogen) atoms. The highest BCUT2D eigenvalue weighted by molar-refractivity contribution is 8.06. The van der Waals surface area contributed by atoms with Gasteiger partial charge >= 0.3 is 0 Å². The minimum absolute atomic E-state index is 0.0190. The average Bonchev–Trinajstić information content (AvgIpc) is 3.13. The number of aryl methyl sites for hydroxylation is 1. The first-order valence-corrected chi connectivity index (χ1v) is 15.4. The Morgan fingerprint density at radius 3 is 2.45 bits per heavy atom. The van der Waals surface area contributed by atoms with E-state index in [2.05, 4.69) is 22.2 Å². The maximum absolute atomic E-state index is 12.8. The third-order valence-corrected chi connectivity index (χ3v) is 9.27. The summed E-state index contributed by atoms with van der Waals surface area (Å²) in [6.07, 6.45) is 5.96. The molecule has 1 fully saturated rings. The van der Waals surface area contributed by atoms with Crippen molar-refractivity contribution in [2.45, 2.75) is 64.5 Å². The van der Waals surface area contributed by atoms with E-state index in [1.807, 2.05) is 36.9 Å². The summed E-state index contributed by atoms with van der Waals surface area (Å²) in [4.78, 5) is 14.8. The first-order valence-electron chi connectivity index (χ1n) is 11.7. The molecule has 1 aliphatic rings. The predicted octanol–water partition coefficient (Wildman–Crippen LogP) is 1.93. The molecule has 0 spiro atoms. The zero-order valence-corrected chi connectivity index (χ0v) is 21.6. The van der Waals surface area contributed by atoms with Gasteiger partial charge < -0.3 is 5.32 Å². The van der Waals surface area contributed by atoms with Gasteiger partial charge in [0.25, 0.3) is 0 Å². The highest BCUT2D eigenvalue weighted by atomic mass is 32.3. The van der Waals surface area contributed by atoms with Crippen molar-refractivity contribution in [1.29, 1.82) is 0 Å². The SMILES string of the molecule is CC(C)C[C@@H](CN1CCC[C@H]1C(=O)NCCCCc1ccccc1)NS(=O)(=O)CS(C)(=O)=O. The van der Waals surface area contributed by atoms with Crippen molar-refractivity contribution < 1.29 is 21.6 Å². The van der Waals surface area contributed by atoms with Gasteiger partial charge in [0, 0.05) is 25.4 Å². The molecule has 0 bridgehead atoms. The highest BCUT2D eigenvalue weighted by Gasteiger charge is 2.33. The van der Waals surface area contributed by atoms with E-state index in [1.54, 1.807) is 0 Å². The molecule has 2 atom stereocenters. The van der Waals surface area contributed by atoms with Gasteiger partial charge in [-0.1, -0.05) is 44.2 Å². The van der Waals surface area contributed by atoms with Gasteiger partial charge in [0.1, 0.15) is 0 Å². The van der Waals surface area contributed by atoms with E-state index < -0.39 is 31.0 Å². The van der Waals surface area contributed by atoms with Crippen molar-refractivity contribution in [1.82, 2.24) is 14.9 Å². The van der Waals surface area contributed by atoms with Crippen LogP contribution in [0.25, 0.3) is 0 Å². The summed E-state index contributed by atoms with van der Waals surface area (Å²) < 4.78 is 50.2. The number of hydrogen-bond acceptors (Lipinski definition) is 6. The van der Waals surface area contributed by atoms with Crippen molar-refractivity contribution in [3.8, 4) is 0 Å². The van der Waals surface area contributed by atoms with Crippen LogP contribution in [0.15, 0.2) is 30.3 Å². The molecule has 0 saturated carbocycles. The van der Waals surface area contributed by atoms with Gasteiger partial charge in [0.05, 0.1) is 6.04 Å². The second kappa shape index (κ2) is 12.8.